The molecule has 0 bridgehead atoms. The Hall–Kier alpha value is -2.96. The van der Waals surface area contributed by atoms with Crippen LogP contribution in [0.1, 0.15) is 10.4 Å². The summed E-state index contributed by atoms with van der Waals surface area (Å²) in [5.41, 5.74) is 0.737. The number of fused-ring (bicyclic) bond motifs is 3. The summed E-state index contributed by atoms with van der Waals surface area (Å²) in [6, 6.07) is 12.0. The summed E-state index contributed by atoms with van der Waals surface area (Å²) in [6.07, 6.45) is 5.09. The molecule has 3 aliphatic rings. The minimum Gasteiger partial charge on any atom is -0.292 e. The number of carbonyl (C=O) groups excluding carboxylic acids is 3. The zero-order valence-electron chi connectivity index (χ0n) is 15.5. The molecule has 0 saturated carbocycles. The number of imide groups is 1. The Morgan fingerprint density at radius 1 is 0.967 bits per heavy atom. The third kappa shape index (κ3) is 2.71. The van der Waals surface area contributed by atoms with E-state index < -0.39 is 35.7 Å². The molecule has 5 rings (SSSR count). The Morgan fingerprint density at radius 3 is 2.43 bits per heavy atom. The third-order valence-corrected chi connectivity index (χ3v) is 6.31. The summed E-state index contributed by atoms with van der Waals surface area (Å²) in [6.45, 7) is 0. The molecule has 0 unspecified atom stereocenters. The molecule has 0 radical (unpaired) electrons. The number of nitrogens with zero attached hydrogens (tertiary/aromatic N) is 3. The van der Waals surface area contributed by atoms with Crippen LogP contribution in [-0.2, 0) is 9.59 Å². The van der Waals surface area contributed by atoms with Gasteiger partial charge in [0.2, 0.25) is 11.8 Å². The fourth-order valence-electron chi connectivity index (χ4n) is 4.51. The normalized spacial score (nSPS) is 26.9. The van der Waals surface area contributed by atoms with E-state index in [1.807, 2.05) is 6.07 Å². The largest absolute Gasteiger partial charge is 0.292 e. The summed E-state index contributed by atoms with van der Waals surface area (Å²) in [5.74, 6) is -2.68. The van der Waals surface area contributed by atoms with Crippen LogP contribution >= 0.6 is 23.2 Å². The Balaban J connectivity index is 1.60. The summed E-state index contributed by atoms with van der Waals surface area (Å²) in [5, 5.41) is 6.51. The molecular weight excluding hydrogens is 425 g/mol. The van der Waals surface area contributed by atoms with Gasteiger partial charge in [-0.3, -0.25) is 19.4 Å². The first kappa shape index (κ1) is 19.0. The number of halogens is 2. The second-order valence-corrected chi connectivity index (χ2v) is 8.20. The number of rotatable bonds is 3. The van der Waals surface area contributed by atoms with Gasteiger partial charge in [-0.25, -0.2) is 4.90 Å². The fourth-order valence-corrected chi connectivity index (χ4v) is 5.00. The van der Waals surface area contributed by atoms with Crippen LogP contribution in [0.5, 0.6) is 0 Å². The van der Waals surface area contributed by atoms with Gasteiger partial charge in [0.1, 0.15) is 6.04 Å². The lowest BCUT2D eigenvalue weighted by Crippen LogP contribution is -2.46. The van der Waals surface area contributed by atoms with E-state index in [1.165, 1.54) is 6.07 Å². The monoisotopic (exact) mass is 439 g/mol. The lowest BCUT2D eigenvalue weighted by atomic mass is 9.86. The molecule has 30 heavy (non-hydrogen) atoms. The lowest BCUT2D eigenvalue weighted by Gasteiger charge is -2.30. The maximum atomic E-state index is 13.5. The molecule has 0 N–H and O–H groups in total. The van der Waals surface area contributed by atoms with Gasteiger partial charge in [-0.05, 0) is 24.3 Å². The number of hydrogen-bond acceptors (Lipinski definition) is 5. The second kappa shape index (κ2) is 7.07. The van der Waals surface area contributed by atoms with Gasteiger partial charge >= 0.3 is 0 Å². The Kier molecular flexibility index (Phi) is 4.49. The predicted octanol–water partition coefficient (Wildman–Crippen LogP) is 3.59. The highest BCUT2D eigenvalue weighted by molar-refractivity contribution is 6.38. The molecule has 0 spiro atoms. The molecule has 3 aliphatic heterocycles. The van der Waals surface area contributed by atoms with Crippen LogP contribution in [0.15, 0.2) is 65.8 Å². The average Bonchev–Trinajstić information content (AvgIpc) is 3.22. The molecule has 2 aromatic carbocycles. The van der Waals surface area contributed by atoms with Gasteiger partial charge in [-0.15, -0.1) is 0 Å². The Morgan fingerprint density at radius 2 is 1.70 bits per heavy atom. The highest BCUT2D eigenvalue weighted by Crippen LogP contribution is 2.47. The van der Waals surface area contributed by atoms with Crippen LogP contribution in [0.2, 0.25) is 10.0 Å². The number of carbonyl (C=O) groups is 3. The molecule has 8 heteroatoms. The average molecular weight is 440 g/mol. The maximum Gasteiger partial charge on any atom is 0.240 e. The summed E-state index contributed by atoms with van der Waals surface area (Å²) < 4.78 is 0. The molecule has 0 aromatic heterocycles. The number of amides is 2. The molecule has 6 nitrogen and oxygen atoms in total. The Labute approximate surface area is 182 Å². The fraction of sp³-hybridized carbons (Fsp3) is 0.182. The highest BCUT2D eigenvalue weighted by atomic mass is 35.5. The molecule has 2 fully saturated rings. The molecule has 2 aromatic rings. The first-order chi connectivity index (χ1) is 14.5. The van der Waals surface area contributed by atoms with E-state index in [4.69, 9.17) is 23.2 Å². The van der Waals surface area contributed by atoms with Gasteiger partial charge in [-0.2, -0.15) is 5.10 Å². The van der Waals surface area contributed by atoms with Crippen molar-refractivity contribution in [2.24, 2.45) is 16.9 Å². The second-order valence-electron chi connectivity index (χ2n) is 7.35. The minimum atomic E-state index is -0.879. The van der Waals surface area contributed by atoms with Crippen molar-refractivity contribution in [2.45, 2.75) is 12.1 Å². The van der Waals surface area contributed by atoms with Gasteiger partial charge in [0.15, 0.2) is 5.78 Å². The van der Waals surface area contributed by atoms with Gasteiger partial charge in [0.25, 0.3) is 0 Å². The SMILES string of the molecule is O=C(c1ccccc1)[C@H]1[C@H]2C(=O)N(c3ccc(Cl)cc3Cl)C(=O)[C@H]2[C@@H]2C=CC=NN21. The smallest absolute Gasteiger partial charge is 0.240 e. The minimum absolute atomic E-state index is 0.198. The van der Waals surface area contributed by atoms with Crippen LogP contribution in [0.4, 0.5) is 5.69 Å². The number of allylic oxidation sites excluding steroid dienone is 1. The number of hydrazone groups is 1. The Bertz CT molecular complexity index is 1130. The quantitative estimate of drug-likeness (QED) is 0.541. The van der Waals surface area contributed by atoms with Crippen LogP contribution in [-0.4, -0.2) is 40.9 Å². The van der Waals surface area contributed by atoms with E-state index >= 15 is 0 Å². The first-order valence-corrected chi connectivity index (χ1v) is 10.2. The van der Waals surface area contributed by atoms with Crippen molar-refractivity contribution >= 4 is 52.7 Å². The summed E-state index contributed by atoms with van der Waals surface area (Å²) in [4.78, 5) is 41.3. The van der Waals surface area contributed by atoms with E-state index in [9.17, 15) is 14.4 Å². The molecule has 2 saturated heterocycles. The van der Waals surface area contributed by atoms with Gasteiger partial charge in [-0.1, -0.05) is 59.6 Å². The van der Waals surface area contributed by atoms with Crippen LogP contribution in [0.25, 0.3) is 0 Å². The molecule has 2 amide bonds. The number of benzene rings is 2. The van der Waals surface area contributed by atoms with Crippen molar-refractivity contribution in [1.29, 1.82) is 0 Å². The molecule has 150 valence electrons. The number of hydrogen-bond donors (Lipinski definition) is 0. The van der Waals surface area contributed by atoms with E-state index in [-0.39, 0.29) is 16.5 Å². The van der Waals surface area contributed by atoms with Gasteiger partial charge < -0.3 is 0 Å². The van der Waals surface area contributed by atoms with Crippen molar-refractivity contribution in [3.8, 4) is 0 Å². The number of ketones is 1. The van der Waals surface area contributed by atoms with E-state index in [2.05, 4.69) is 5.10 Å². The molecule has 0 aliphatic carbocycles. The van der Waals surface area contributed by atoms with Crippen molar-refractivity contribution < 1.29 is 14.4 Å². The van der Waals surface area contributed by atoms with E-state index in [1.54, 1.807) is 59.8 Å². The van der Waals surface area contributed by atoms with Crippen molar-refractivity contribution in [3.63, 3.8) is 0 Å². The van der Waals surface area contributed by atoms with Crippen molar-refractivity contribution in [3.05, 3.63) is 76.3 Å². The number of anilines is 1. The van der Waals surface area contributed by atoms with Crippen LogP contribution < -0.4 is 4.90 Å². The van der Waals surface area contributed by atoms with Gasteiger partial charge in [0, 0.05) is 16.8 Å². The van der Waals surface area contributed by atoms with Crippen LogP contribution in [0.3, 0.4) is 0 Å². The van der Waals surface area contributed by atoms with E-state index in [0.29, 0.717) is 10.6 Å². The zero-order chi connectivity index (χ0) is 21.0. The zero-order valence-corrected chi connectivity index (χ0v) is 17.0. The third-order valence-electron chi connectivity index (χ3n) is 5.77. The van der Waals surface area contributed by atoms with Crippen LogP contribution in [0, 0.1) is 11.8 Å². The molecule has 4 atom stereocenters. The maximum absolute atomic E-state index is 13.5. The molecule has 3 heterocycles. The summed E-state index contributed by atoms with van der Waals surface area (Å²) >= 11 is 12.3. The van der Waals surface area contributed by atoms with Crippen molar-refractivity contribution in [2.75, 3.05) is 4.90 Å². The van der Waals surface area contributed by atoms with Crippen molar-refractivity contribution in [1.82, 2.24) is 5.01 Å². The standard InChI is InChI=1S/C22H15Cl2N3O3/c23-13-8-9-15(14(24)11-13)26-21(29)17-16-7-4-10-25-27(16)19(18(17)22(26)30)20(28)12-5-2-1-3-6-12/h1-11,16-19H/t16-,17-,18-,19+/m0/s1. The lowest BCUT2D eigenvalue weighted by molar-refractivity contribution is -0.123. The molecular formula is C22H15Cl2N3O3. The summed E-state index contributed by atoms with van der Waals surface area (Å²) in [7, 11) is 0. The van der Waals surface area contributed by atoms with E-state index in [0.717, 1.165) is 4.90 Å². The highest BCUT2D eigenvalue weighted by Gasteiger charge is 2.64. The van der Waals surface area contributed by atoms with Gasteiger partial charge in [0.05, 0.1) is 28.6 Å². The number of Topliss-reactive ketones (excluding diaryl/α,β-unsaturated/α-hetero) is 1. The first-order valence-electron chi connectivity index (χ1n) is 9.40. The predicted molar refractivity (Wildman–Crippen MR) is 114 cm³/mol. The topological polar surface area (TPSA) is 70.0 Å².